The predicted octanol–water partition coefficient (Wildman–Crippen LogP) is 4.53. The summed E-state index contributed by atoms with van der Waals surface area (Å²) >= 11 is 12.0. The van der Waals surface area contributed by atoms with E-state index in [1.54, 1.807) is 12.3 Å². The summed E-state index contributed by atoms with van der Waals surface area (Å²) in [5.41, 5.74) is 0.823. The van der Waals surface area contributed by atoms with Crippen molar-refractivity contribution < 1.29 is 4.74 Å². The third-order valence-corrected chi connectivity index (χ3v) is 3.70. The molecule has 1 N–H and O–H groups in total. The van der Waals surface area contributed by atoms with Crippen molar-refractivity contribution in [1.29, 1.82) is 0 Å². The lowest BCUT2D eigenvalue weighted by Crippen LogP contribution is -2.06. The normalized spacial score (nSPS) is 10.6. The van der Waals surface area contributed by atoms with Gasteiger partial charge in [-0.05, 0) is 18.2 Å². The quantitative estimate of drug-likeness (QED) is 0.736. The molecule has 2 heterocycles. The first-order valence-electron chi connectivity index (χ1n) is 6.91. The molecule has 0 saturated carbocycles. The number of halogens is 2. The molecule has 0 aliphatic rings. The lowest BCUT2D eigenvalue weighted by molar-refractivity contribution is 0.465. The molecule has 2 aromatic heterocycles. The van der Waals surface area contributed by atoms with Crippen molar-refractivity contribution in [2.75, 3.05) is 5.32 Å². The second-order valence-corrected chi connectivity index (χ2v) is 5.69. The third-order valence-electron chi connectivity index (χ3n) is 3.23. The summed E-state index contributed by atoms with van der Waals surface area (Å²) in [7, 11) is 1.95. The zero-order valence-electron chi connectivity index (χ0n) is 12.3. The summed E-state index contributed by atoms with van der Waals surface area (Å²) in [6.07, 6.45) is 5.15. The minimum Gasteiger partial charge on any atom is -0.435 e. The van der Waals surface area contributed by atoms with Gasteiger partial charge in [0.1, 0.15) is 10.8 Å². The standard InChI is InChI=1S/C16H14Cl2N4O/c1-22-7-6-19-15(22)10-20-13-4-2-3-5-14(13)23-16-12(18)8-11(17)9-21-16/h2-9,20H,10H2,1H3. The Morgan fingerprint density at radius 3 is 2.78 bits per heavy atom. The second kappa shape index (κ2) is 6.89. The lowest BCUT2D eigenvalue weighted by atomic mass is 10.3. The molecular weight excluding hydrogens is 335 g/mol. The molecule has 0 aliphatic carbocycles. The van der Waals surface area contributed by atoms with Crippen LogP contribution in [0.5, 0.6) is 11.6 Å². The minimum atomic E-state index is 0.308. The molecule has 0 bridgehead atoms. The van der Waals surface area contributed by atoms with E-state index in [1.807, 2.05) is 42.1 Å². The van der Waals surface area contributed by atoms with Gasteiger partial charge in [0.05, 0.1) is 17.3 Å². The van der Waals surface area contributed by atoms with E-state index in [4.69, 9.17) is 27.9 Å². The number of rotatable bonds is 5. The SMILES string of the molecule is Cn1ccnc1CNc1ccccc1Oc1ncc(Cl)cc1Cl. The van der Waals surface area contributed by atoms with Crippen LogP contribution in [0, 0.1) is 0 Å². The summed E-state index contributed by atoms with van der Waals surface area (Å²) in [5.74, 6) is 1.85. The van der Waals surface area contributed by atoms with Gasteiger partial charge in [-0.1, -0.05) is 35.3 Å². The molecule has 7 heteroatoms. The Balaban J connectivity index is 1.79. The van der Waals surface area contributed by atoms with Crippen LogP contribution in [-0.2, 0) is 13.6 Å². The number of hydrogen-bond donors (Lipinski definition) is 1. The van der Waals surface area contributed by atoms with E-state index in [-0.39, 0.29) is 0 Å². The minimum absolute atomic E-state index is 0.308. The number of anilines is 1. The van der Waals surface area contributed by atoms with Gasteiger partial charge in [-0.2, -0.15) is 0 Å². The van der Waals surface area contributed by atoms with E-state index in [2.05, 4.69) is 15.3 Å². The zero-order chi connectivity index (χ0) is 16.2. The average Bonchev–Trinajstić information content (AvgIpc) is 2.94. The van der Waals surface area contributed by atoms with Crippen molar-refractivity contribution in [3.63, 3.8) is 0 Å². The molecule has 23 heavy (non-hydrogen) atoms. The highest BCUT2D eigenvalue weighted by Crippen LogP contribution is 2.33. The van der Waals surface area contributed by atoms with Gasteiger partial charge in [-0.15, -0.1) is 0 Å². The van der Waals surface area contributed by atoms with Gasteiger partial charge in [0.25, 0.3) is 0 Å². The van der Waals surface area contributed by atoms with Crippen LogP contribution < -0.4 is 10.1 Å². The topological polar surface area (TPSA) is 52.0 Å². The molecule has 5 nitrogen and oxygen atoms in total. The van der Waals surface area contributed by atoms with Gasteiger partial charge < -0.3 is 14.6 Å². The van der Waals surface area contributed by atoms with Crippen LogP contribution in [0.15, 0.2) is 48.9 Å². The Hall–Kier alpha value is -2.24. The molecule has 0 unspecified atom stereocenters. The molecule has 3 aromatic rings. The molecule has 0 spiro atoms. The van der Waals surface area contributed by atoms with Crippen molar-refractivity contribution >= 4 is 28.9 Å². The molecule has 0 amide bonds. The molecule has 0 radical (unpaired) electrons. The van der Waals surface area contributed by atoms with Crippen LogP contribution in [0.2, 0.25) is 10.0 Å². The Bertz CT molecular complexity index is 819. The van der Waals surface area contributed by atoms with E-state index in [9.17, 15) is 0 Å². The first-order valence-corrected chi connectivity index (χ1v) is 7.67. The summed E-state index contributed by atoms with van der Waals surface area (Å²) in [5, 5.41) is 4.12. The fraction of sp³-hybridized carbons (Fsp3) is 0.125. The maximum atomic E-state index is 6.11. The molecule has 1 aromatic carbocycles. The fourth-order valence-electron chi connectivity index (χ4n) is 2.02. The molecule has 0 fully saturated rings. The van der Waals surface area contributed by atoms with E-state index < -0.39 is 0 Å². The van der Waals surface area contributed by atoms with Crippen LogP contribution >= 0.6 is 23.2 Å². The number of nitrogens with zero attached hydrogens (tertiary/aromatic N) is 3. The summed E-state index contributed by atoms with van der Waals surface area (Å²) < 4.78 is 7.76. The maximum Gasteiger partial charge on any atom is 0.238 e. The highest BCUT2D eigenvalue weighted by atomic mass is 35.5. The number of aryl methyl sites for hydroxylation is 1. The van der Waals surface area contributed by atoms with Gasteiger partial charge >= 0.3 is 0 Å². The Kier molecular flexibility index (Phi) is 4.69. The summed E-state index contributed by atoms with van der Waals surface area (Å²) in [6.45, 7) is 0.575. The van der Waals surface area contributed by atoms with Crippen molar-refractivity contribution in [2.24, 2.45) is 7.05 Å². The average molecular weight is 349 g/mol. The number of hydrogen-bond acceptors (Lipinski definition) is 4. The zero-order valence-corrected chi connectivity index (χ0v) is 13.8. The van der Waals surface area contributed by atoms with Gasteiger partial charge in [0.15, 0.2) is 5.75 Å². The predicted molar refractivity (Wildman–Crippen MR) is 91.3 cm³/mol. The van der Waals surface area contributed by atoms with E-state index in [0.29, 0.717) is 28.2 Å². The van der Waals surface area contributed by atoms with E-state index in [1.165, 1.54) is 6.20 Å². The third kappa shape index (κ3) is 3.75. The number of imidazole rings is 1. The summed E-state index contributed by atoms with van der Waals surface area (Å²) in [4.78, 5) is 8.39. The van der Waals surface area contributed by atoms with Crippen molar-refractivity contribution in [3.8, 4) is 11.6 Å². The Morgan fingerprint density at radius 2 is 2.04 bits per heavy atom. The largest absolute Gasteiger partial charge is 0.435 e. The van der Waals surface area contributed by atoms with E-state index in [0.717, 1.165) is 11.5 Å². The lowest BCUT2D eigenvalue weighted by Gasteiger charge is -2.13. The Labute approximate surface area is 143 Å². The fourth-order valence-corrected chi connectivity index (χ4v) is 2.44. The van der Waals surface area contributed by atoms with Crippen molar-refractivity contribution in [3.05, 3.63) is 64.8 Å². The number of aromatic nitrogens is 3. The van der Waals surface area contributed by atoms with Gasteiger partial charge in [-0.3, -0.25) is 0 Å². The first-order chi connectivity index (χ1) is 11.1. The molecule has 0 atom stereocenters. The number of nitrogens with one attached hydrogen (secondary N) is 1. The molecule has 0 aliphatic heterocycles. The van der Waals surface area contributed by atoms with Crippen molar-refractivity contribution in [1.82, 2.24) is 14.5 Å². The smallest absolute Gasteiger partial charge is 0.238 e. The monoisotopic (exact) mass is 348 g/mol. The molecule has 0 saturated heterocycles. The Morgan fingerprint density at radius 1 is 1.22 bits per heavy atom. The van der Waals surface area contributed by atoms with Crippen LogP contribution in [0.3, 0.4) is 0 Å². The molecular formula is C16H14Cl2N4O. The molecule has 118 valence electrons. The van der Waals surface area contributed by atoms with E-state index >= 15 is 0 Å². The molecule has 3 rings (SSSR count). The number of pyridine rings is 1. The van der Waals surface area contributed by atoms with Crippen LogP contribution in [0.1, 0.15) is 5.82 Å². The van der Waals surface area contributed by atoms with Crippen LogP contribution in [0.4, 0.5) is 5.69 Å². The van der Waals surface area contributed by atoms with Gasteiger partial charge in [0, 0.05) is 25.6 Å². The highest BCUT2D eigenvalue weighted by Gasteiger charge is 2.10. The number of para-hydroxylation sites is 2. The van der Waals surface area contributed by atoms with Gasteiger partial charge in [0.2, 0.25) is 5.88 Å². The van der Waals surface area contributed by atoms with Crippen molar-refractivity contribution in [2.45, 2.75) is 6.54 Å². The number of benzene rings is 1. The highest BCUT2D eigenvalue weighted by molar-refractivity contribution is 6.35. The summed E-state index contributed by atoms with van der Waals surface area (Å²) in [6, 6.07) is 9.15. The van der Waals surface area contributed by atoms with Crippen LogP contribution in [-0.4, -0.2) is 14.5 Å². The van der Waals surface area contributed by atoms with Crippen LogP contribution in [0.25, 0.3) is 0 Å². The number of ether oxygens (including phenoxy) is 1. The first kappa shape index (κ1) is 15.6. The second-order valence-electron chi connectivity index (χ2n) is 4.85. The maximum absolute atomic E-state index is 6.11. The van der Waals surface area contributed by atoms with Gasteiger partial charge in [-0.25, -0.2) is 9.97 Å².